The zero-order chi connectivity index (χ0) is 28.6. The van der Waals surface area contributed by atoms with Crippen LogP contribution in [0.1, 0.15) is 28.1 Å². The molecule has 5 aromatic rings. The average molecular weight is 590 g/mol. The van der Waals surface area contributed by atoms with E-state index in [9.17, 15) is 9.59 Å². The van der Waals surface area contributed by atoms with Gasteiger partial charge in [0.2, 0.25) is 11.7 Å². The number of nitrogens with one attached hydrogen (secondary N) is 1. The third kappa shape index (κ3) is 4.73. The Morgan fingerprint density at radius 3 is 2.14 bits per heavy atom. The molecule has 0 bridgehead atoms. The Bertz CT molecular complexity index is 1800. The predicted molar refractivity (Wildman–Crippen MR) is 170 cm³/mol. The molecule has 7 nitrogen and oxygen atoms in total. The molecule has 1 atom stereocenters. The molecule has 208 valence electrons. The predicted octanol–water partition coefficient (Wildman–Crippen LogP) is 6.74. The molecule has 9 heteroatoms. The van der Waals surface area contributed by atoms with E-state index < -0.39 is 5.25 Å². The summed E-state index contributed by atoms with van der Waals surface area (Å²) in [5.74, 6) is -0.377. The van der Waals surface area contributed by atoms with Gasteiger partial charge in [0.1, 0.15) is 20.7 Å². The highest BCUT2D eigenvalue weighted by Gasteiger charge is 2.43. The topological polar surface area (TPSA) is 90.2 Å². The van der Waals surface area contributed by atoms with Crippen LogP contribution in [-0.2, 0) is 4.79 Å². The Labute approximate surface area is 251 Å². The summed E-state index contributed by atoms with van der Waals surface area (Å²) in [6.07, 6.45) is 2.25. The lowest BCUT2D eigenvalue weighted by molar-refractivity contribution is -0.117. The Hall–Kier alpha value is -4.18. The van der Waals surface area contributed by atoms with Gasteiger partial charge in [-0.15, -0.1) is 21.5 Å². The number of ketones is 1. The van der Waals surface area contributed by atoms with Crippen molar-refractivity contribution in [2.45, 2.75) is 18.1 Å². The minimum absolute atomic E-state index is 0.128. The van der Waals surface area contributed by atoms with E-state index in [4.69, 9.17) is 5.41 Å². The van der Waals surface area contributed by atoms with E-state index >= 15 is 0 Å². The monoisotopic (exact) mass is 589 g/mol. The van der Waals surface area contributed by atoms with Gasteiger partial charge in [-0.25, -0.2) is 0 Å². The summed E-state index contributed by atoms with van der Waals surface area (Å²) in [6, 6.07) is 28.8. The van der Waals surface area contributed by atoms with Crippen molar-refractivity contribution in [2.24, 2.45) is 0 Å². The van der Waals surface area contributed by atoms with Crippen molar-refractivity contribution in [1.29, 1.82) is 5.41 Å². The Balaban J connectivity index is 1.49. The molecule has 1 unspecified atom stereocenters. The molecule has 2 aliphatic rings. The maximum Gasteiger partial charge on any atom is 0.248 e. The fraction of sp³-hybridized carbons (Fsp3) is 0.182. The van der Waals surface area contributed by atoms with Gasteiger partial charge in [0.15, 0.2) is 5.17 Å². The number of thioether (sulfide) groups is 1. The number of hydrogen-bond acceptors (Lipinski definition) is 8. The number of benzene rings is 3. The van der Waals surface area contributed by atoms with Crippen molar-refractivity contribution in [1.82, 2.24) is 15.1 Å². The second kappa shape index (κ2) is 11.2. The second-order valence-corrected chi connectivity index (χ2v) is 12.6. The Kier molecular flexibility index (Phi) is 7.15. The van der Waals surface area contributed by atoms with E-state index in [1.165, 1.54) is 28.0 Å². The van der Waals surface area contributed by atoms with Gasteiger partial charge in [-0.05, 0) is 31.5 Å². The van der Waals surface area contributed by atoms with Crippen molar-refractivity contribution < 1.29 is 9.59 Å². The fourth-order valence-corrected chi connectivity index (χ4v) is 7.88. The number of anilines is 1. The average Bonchev–Trinajstić information content (AvgIpc) is 3.75. The van der Waals surface area contributed by atoms with Crippen LogP contribution in [0.5, 0.6) is 0 Å². The molecule has 1 amide bonds. The number of fused-ring (bicyclic) bond motifs is 1. The van der Waals surface area contributed by atoms with Crippen LogP contribution >= 0.6 is 23.1 Å². The van der Waals surface area contributed by atoms with Crippen LogP contribution in [0.15, 0.2) is 91.0 Å². The molecule has 3 aromatic carbocycles. The molecular weight excluding hydrogens is 563 g/mol. The molecule has 0 saturated carbocycles. The molecule has 4 heterocycles. The standard InChI is InChI=1S/C33H27N5O2S2/c34-33-38(32(40)24(41-33)20-37-18-10-11-19-37)28-26-25(21-12-4-1-5-13-21)27(22-14-6-2-7-15-22)35-36-31(26)42-30(28)29(39)23-16-8-3-9-17-23/h1-9,12-17,24,34H,10-11,18-20H2. The summed E-state index contributed by atoms with van der Waals surface area (Å²) >= 11 is 2.50. The van der Waals surface area contributed by atoms with Crippen LogP contribution in [0.2, 0.25) is 0 Å². The maximum absolute atomic E-state index is 14.2. The zero-order valence-electron chi connectivity index (χ0n) is 22.7. The maximum atomic E-state index is 14.2. The Morgan fingerprint density at radius 2 is 1.48 bits per heavy atom. The van der Waals surface area contributed by atoms with E-state index in [1.807, 2.05) is 78.9 Å². The van der Waals surface area contributed by atoms with Crippen LogP contribution < -0.4 is 4.90 Å². The summed E-state index contributed by atoms with van der Waals surface area (Å²) in [5.41, 5.74) is 4.17. The number of amidine groups is 1. The van der Waals surface area contributed by atoms with Gasteiger partial charge in [-0.3, -0.25) is 19.9 Å². The zero-order valence-corrected chi connectivity index (χ0v) is 24.3. The minimum atomic E-state index is -0.409. The SMILES string of the molecule is N=C1SC(CN2CCCC2)C(=O)N1c1c(C(=O)c2ccccc2)sc2nnc(-c3ccccc3)c(-c3ccccc3)c12. The number of amides is 1. The van der Waals surface area contributed by atoms with Crippen molar-refractivity contribution in [3.63, 3.8) is 0 Å². The van der Waals surface area contributed by atoms with Gasteiger partial charge >= 0.3 is 0 Å². The van der Waals surface area contributed by atoms with Crippen molar-refractivity contribution in [3.05, 3.63) is 101 Å². The number of carbonyl (C=O) groups is 2. The second-order valence-electron chi connectivity index (χ2n) is 10.4. The first-order valence-electron chi connectivity index (χ1n) is 14.0. The van der Waals surface area contributed by atoms with Gasteiger partial charge in [-0.1, -0.05) is 103 Å². The van der Waals surface area contributed by atoms with E-state index in [2.05, 4.69) is 15.1 Å². The van der Waals surface area contributed by atoms with Gasteiger partial charge in [0, 0.05) is 28.6 Å². The molecule has 1 N–H and O–H groups in total. The van der Waals surface area contributed by atoms with Crippen LogP contribution in [-0.4, -0.2) is 56.8 Å². The third-order valence-corrected chi connectivity index (χ3v) is 9.85. The quantitative estimate of drug-likeness (QED) is 0.212. The summed E-state index contributed by atoms with van der Waals surface area (Å²) in [6.45, 7) is 2.52. The molecule has 2 saturated heterocycles. The van der Waals surface area contributed by atoms with Crippen molar-refractivity contribution in [2.75, 3.05) is 24.5 Å². The van der Waals surface area contributed by atoms with Crippen molar-refractivity contribution >= 4 is 55.9 Å². The first-order chi connectivity index (χ1) is 20.6. The number of likely N-dealkylation sites (tertiary alicyclic amines) is 1. The Morgan fingerprint density at radius 1 is 0.857 bits per heavy atom. The van der Waals surface area contributed by atoms with Gasteiger partial charge in [-0.2, -0.15) is 0 Å². The van der Waals surface area contributed by atoms with Gasteiger partial charge in [0.05, 0.1) is 5.69 Å². The summed E-state index contributed by atoms with van der Waals surface area (Å²) in [5, 5.41) is 18.7. The van der Waals surface area contributed by atoms with Crippen LogP contribution in [0, 0.1) is 5.41 Å². The smallest absolute Gasteiger partial charge is 0.248 e. The van der Waals surface area contributed by atoms with Gasteiger partial charge in [0.25, 0.3) is 0 Å². The molecule has 7 rings (SSSR count). The lowest BCUT2D eigenvalue weighted by Gasteiger charge is -2.20. The number of nitrogens with zero attached hydrogens (tertiary/aromatic N) is 4. The van der Waals surface area contributed by atoms with Crippen LogP contribution in [0.3, 0.4) is 0 Å². The lowest BCUT2D eigenvalue weighted by atomic mass is 9.95. The fourth-order valence-electron chi connectivity index (χ4n) is 5.75. The molecule has 0 radical (unpaired) electrons. The molecule has 0 aliphatic carbocycles. The van der Waals surface area contributed by atoms with Gasteiger partial charge < -0.3 is 4.90 Å². The lowest BCUT2D eigenvalue weighted by Crippen LogP contribution is -2.37. The van der Waals surface area contributed by atoms with E-state index in [-0.39, 0.29) is 16.9 Å². The molecular formula is C33H27N5O2S2. The molecule has 2 fully saturated rings. The van der Waals surface area contributed by atoms with Crippen molar-refractivity contribution in [3.8, 4) is 22.4 Å². The first kappa shape index (κ1) is 26.7. The summed E-state index contributed by atoms with van der Waals surface area (Å²) < 4.78 is 0. The van der Waals surface area contributed by atoms with Crippen LogP contribution in [0.25, 0.3) is 32.6 Å². The highest BCUT2D eigenvalue weighted by Crippen LogP contribution is 2.48. The van der Waals surface area contributed by atoms with Crippen LogP contribution in [0.4, 0.5) is 5.69 Å². The van der Waals surface area contributed by atoms with E-state index in [0.717, 1.165) is 42.6 Å². The number of carbonyl (C=O) groups excluding carboxylic acids is 2. The normalized spacial score (nSPS) is 17.4. The molecule has 2 aliphatic heterocycles. The first-order valence-corrected chi connectivity index (χ1v) is 15.6. The number of hydrogen-bond donors (Lipinski definition) is 1. The number of thiophene rings is 1. The van der Waals surface area contributed by atoms with E-state index in [1.54, 1.807) is 12.1 Å². The summed E-state index contributed by atoms with van der Waals surface area (Å²) in [4.78, 5) is 33.0. The minimum Gasteiger partial charge on any atom is -0.302 e. The van der Waals surface area contributed by atoms with E-state index in [0.29, 0.717) is 38.6 Å². The highest BCUT2D eigenvalue weighted by atomic mass is 32.2. The summed E-state index contributed by atoms with van der Waals surface area (Å²) in [7, 11) is 0. The number of aromatic nitrogens is 2. The molecule has 42 heavy (non-hydrogen) atoms. The highest BCUT2D eigenvalue weighted by molar-refractivity contribution is 8.16. The number of rotatable bonds is 7. The molecule has 2 aromatic heterocycles. The third-order valence-electron chi connectivity index (χ3n) is 7.74. The largest absolute Gasteiger partial charge is 0.302 e. The molecule has 0 spiro atoms.